The van der Waals surface area contributed by atoms with Gasteiger partial charge in [-0.05, 0) is 49.1 Å². The molecule has 4 amide bonds. The van der Waals surface area contributed by atoms with E-state index in [-0.39, 0.29) is 51.1 Å². The summed E-state index contributed by atoms with van der Waals surface area (Å²) in [5.74, 6) is -6.04. The monoisotopic (exact) mass is 884 g/mol. The molecule has 3 aromatic rings. The standard InChI is InChI=1S/C43H54F2N6O8S2/c1-8-25-20-43(25,40(55)51(61(56)57)26-10-11-26)48-37(53)34-17-28(21-50(34)39(54)30(41(4,5)6)18-36(52)49-15-9-14-42(44,45)23-49)59-35-19-32(38-47-33(22-60-38)24(2)3)46-31-16-27(58-7)12-13-29(31)35/h8,12-13,16,19,22,24-26,28,30,34,61H,1,9-11,14-15,17-18,20-21,23H2,2-7H3,(H,48,53)/t25-,28-,30-,34+,43?/m1/s1. The van der Waals surface area contributed by atoms with Crippen LogP contribution in [0.3, 0.4) is 0 Å². The zero-order valence-corrected chi connectivity index (χ0v) is 37.0. The van der Waals surface area contributed by atoms with Crippen molar-refractivity contribution in [3.63, 3.8) is 0 Å². The number of piperidine rings is 1. The third-order valence-electron chi connectivity index (χ3n) is 12.2. The lowest BCUT2D eigenvalue weighted by atomic mass is 9.77. The van der Waals surface area contributed by atoms with Crippen LogP contribution in [0, 0.1) is 17.3 Å². The van der Waals surface area contributed by atoms with Crippen molar-refractivity contribution in [2.45, 2.75) is 115 Å². The van der Waals surface area contributed by atoms with Crippen molar-refractivity contribution >= 4 is 56.8 Å². The number of hydrogen-bond acceptors (Lipinski definition) is 11. The summed E-state index contributed by atoms with van der Waals surface area (Å²) in [4.78, 5) is 69.3. The predicted molar refractivity (Wildman–Crippen MR) is 226 cm³/mol. The summed E-state index contributed by atoms with van der Waals surface area (Å²) in [5.41, 5.74) is -0.424. The maximum Gasteiger partial charge on any atom is 0.265 e. The normalized spacial score (nSPS) is 24.1. The van der Waals surface area contributed by atoms with E-state index < -0.39 is 88.0 Å². The van der Waals surface area contributed by atoms with Gasteiger partial charge in [0.2, 0.25) is 28.6 Å². The summed E-state index contributed by atoms with van der Waals surface area (Å²) < 4.78 is 66.5. The fourth-order valence-corrected chi connectivity index (χ4v) is 10.2. The lowest BCUT2D eigenvalue weighted by molar-refractivity contribution is -0.151. The highest BCUT2D eigenvalue weighted by atomic mass is 32.2. The van der Waals surface area contributed by atoms with Gasteiger partial charge in [-0.15, -0.1) is 17.9 Å². The molecule has 14 nitrogen and oxygen atoms in total. The Morgan fingerprint density at radius 3 is 2.48 bits per heavy atom. The Labute approximate surface area is 360 Å². The van der Waals surface area contributed by atoms with Crippen molar-refractivity contribution in [1.82, 2.24) is 29.4 Å². The Bertz CT molecular complexity index is 2300. The number of halogens is 2. The number of rotatable bonds is 14. The van der Waals surface area contributed by atoms with Crippen LogP contribution in [-0.2, 0) is 30.1 Å². The highest BCUT2D eigenvalue weighted by Gasteiger charge is 2.63. The molecule has 5 atom stereocenters. The number of carbonyl (C=O) groups is 4. The molecule has 2 saturated heterocycles. The molecule has 61 heavy (non-hydrogen) atoms. The molecule has 7 rings (SSSR count). The number of nitrogens with zero attached hydrogens (tertiary/aromatic N) is 5. The Kier molecular flexibility index (Phi) is 12.3. The van der Waals surface area contributed by atoms with Crippen LogP contribution in [0.15, 0.2) is 42.3 Å². The first-order valence-corrected chi connectivity index (χ1v) is 22.8. The molecule has 0 radical (unpaired) electrons. The van der Waals surface area contributed by atoms with Gasteiger partial charge in [0.05, 0.1) is 37.3 Å². The molecule has 4 aliphatic rings. The van der Waals surface area contributed by atoms with Crippen molar-refractivity contribution in [2.24, 2.45) is 17.3 Å². The topological polar surface area (TPSA) is 168 Å². The number of ether oxygens (including phenoxy) is 2. The van der Waals surface area contributed by atoms with Gasteiger partial charge in [0.15, 0.2) is 0 Å². The molecule has 1 unspecified atom stereocenters. The maximum atomic E-state index is 14.9. The van der Waals surface area contributed by atoms with E-state index in [1.807, 2.05) is 19.2 Å². The Hall–Kier alpha value is -4.71. The predicted octanol–water partition coefficient (Wildman–Crippen LogP) is 5.73. The number of pyridine rings is 1. The third kappa shape index (κ3) is 9.25. The van der Waals surface area contributed by atoms with Gasteiger partial charge in [-0.25, -0.2) is 31.5 Å². The van der Waals surface area contributed by atoms with Gasteiger partial charge >= 0.3 is 0 Å². The highest BCUT2D eigenvalue weighted by Crippen LogP contribution is 2.48. The lowest BCUT2D eigenvalue weighted by Crippen LogP contribution is -2.57. The number of amides is 4. The number of carbonyl (C=O) groups excluding carboxylic acids is 4. The maximum absolute atomic E-state index is 14.9. The fourth-order valence-electron chi connectivity index (χ4n) is 8.40. The van der Waals surface area contributed by atoms with Gasteiger partial charge in [0.25, 0.3) is 11.8 Å². The molecule has 1 aromatic carbocycles. The molecule has 0 spiro atoms. The summed E-state index contributed by atoms with van der Waals surface area (Å²) in [6.45, 7) is 12.5. The number of thiol groups is 1. The summed E-state index contributed by atoms with van der Waals surface area (Å²) in [6, 6.07) is 5.41. The second-order valence-electron chi connectivity index (χ2n) is 18.1. The van der Waals surface area contributed by atoms with Gasteiger partial charge in [-0.1, -0.05) is 40.7 Å². The van der Waals surface area contributed by atoms with E-state index in [0.29, 0.717) is 45.9 Å². The molecule has 2 saturated carbocycles. The van der Waals surface area contributed by atoms with Crippen molar-refractivity contribution in [1.29, 1.82) is 0 Å². The van der Waals surface area contributed by atoms with Crippen LogP contribution in [0.1, 0.15) is 91.2 Å². The number of alkyl halides is 2. The van der Waals surface area contributed by atoms with E-state index in [9.17, 15) is 36.4 Å². The van der Waals surface area contributed by atoms with Crippen molar-refractivity contribution < 1.29 is 45.9 Å². The smallest absolute Gasteiger partial charge is 0.265 e. The zero-order valence-electron chi connectivity index (χ0n) is 35.3. The number of methoxy groups -OCH3 is 1. The summed E-state index contributed by atoms with van der Waals surface area (Å²) >= 11 is 1.44. The van der Waals surface area contributed by atoms with Crippen molar-refractivity contribution in [2.75, 3.05) is 26.7 Å². The number of fused-ring (bicyclic) bond motifs is 1. The van der Waals surface area contributed by atoms with Crippen LogP contribution >= 0.6 is 11.3 Å². The Morgan fingerprint density at radius 2 is 1.89 bits per heavy atom. The van der Waals surface area contributed by atoms with Crippen molar-refractivity contribution in [3.05, 3.63) is 48.0 Å². The second kappa shape index (κ2) is 16.9. The minimum absolute atomic E-state index is 0.0318. The Morgan fingerprint density at radius 1 is 1.15 bits per heavy atom. The number of thiazole rings is 1. The molecule has 4 heterocycles. The van der Waals surface area contributed by atoms with Gasteiger partial charge in [0.1, 0.15) is 39.9 Å². The third-order valence-corrected chi connectivity index (χ3v) is 14.0. The number of nitrogens with one attached hydrogen (secondary N) is 1. The van der Waals surface area contributed by atoms with Crippen molar-refractivity contribution in [3.8, 4) is 22.2 Å². The SMILES string of the molecule is C=C[C@@H]1CC1(NC(=O)[C@@H]1C[C@@H](Oc2cc(-c3nc(C(C)C)cs3)nc3cc(OC)ccc23)CN1C(=O)[C@@H](CC(=O)N1CCCC(F)(F)C1)C(C)(C)C)C(=O)N(C1CC1)[SH](=O)=O. The fraction of sp³-hybridized carbons (Fsp3) is 0.581. The van der Waals surface area contributed by atoms with Crippen LogP contribution in [0.4, 0.5) is 8.78 Å². The van der Waals surface area contributed by atoms with Crippen LogP contribution in [0.5, 0.6) is 11.5 Å². The summed E-state index contributed by atoms with van der Waals surface area (Å²) in [6.07, 6.45) is 1.28. The van der Waals surface area contributed by atoms with Crippen LogP contribution in [0.2, 0.25) is 0 Å². The molecule has 2 aliphatic heterocycles. The minimum Gasteiger partial charge on any atom is -0.497 e. The van der Waals surface area contributed by atoms with E-state index in [0.717, 1.165) is 14.9 Å². The number of likely N-dealkylation sites (tertiary alicyclic amines) is 2. The quantitative estimate of drug-likeness (QED) is 0.151. The van der Waals surface area contributed by atoms with E-state index in [4.69, 9.17) is 19.4 Å². The zero-order chi connectivity index (χ0) is 44.2. The largest absolute Gasteiger partial charge is 0.497 e. The van der Waals surface area contributed by atoms with Crippen LogP contribution < -0.4 is 14.8 Å². The van der Waals surface area contributed by atoms with Gasteiger partial charge in [-0.3, -0.25) is 19.2 Å². The molecule has 330 valence electrons. The summed E-state index contributed by atoms with van der Waals surface area (Å²) in [5, 5.41) is 6.13. The Balaban J connectivity index is 1.23. The lowest BCUT2D eigenvalue weighted by Gasteiger charge is -2.37. The number of benzene rings is 1. The first kappa shape index (κ1) is 44.3. The average Bonchev–Trinajstić information content (AvgIpc) is 4.05. The molecule has 1 N–H and O–H groups in total. The van der Waals surface area contributed by atoms with E-state index >= 15 is 0 Å². The van der Waals surface area contributed by atoms with E-state index in [1.165, 1.54) is 22.3 Å². The molecule has 2 aromatic heterocycles. The van der Waals surface area contributed by atoms with Gasteiger partial charge in [-0.2, -0.15) is 0 Å². The summed E-state index contributed by atoms with van der Waals surface area (Å²) in [7, 11) is -1.74. The highest BCUT2D eigenvalue weighted by molar-refractivity contribution is 7.70. The number of aromatic nitrogens is 2. The molecule has 2 aliphatic carbocycles. The molecular weight excluding hydrogens is 831 g/mol. The van der Waals surface area contributed by atoms with E-state index in [2.05, 4.69) is 11.9 Å². The first-order chi connectivity index (χ1) is 28.7. The van der Waals surface area contributed by atoms with Gasteiger partial charge in [0, 0.05) is 60.7 Å². The molecule has 0 bridgehead atoms. The average molecular weight is 885 g/mol. The molecular formula is C43H54F2N6O8S2. The molecule has 18 heteroatoms. The second-order valence-corrected chi connectivity index (χ2v) is 19.9. The van der Waals surface area contributed by atoms with E-state index in [1.54, 1.807) is 52.1 Å². The molecule has 4 fully saturated rings. The first-order valence-electron chi connectivity index (χ1n) is 20.7. The number of hydrogen-bond donors (Lipinski definition) is 2. The van der Waals surface area contributed by atoms with Crippen LogP contribution in [-0.4, -0.2) is 113 Å². The van der Waals surface area contributed by atoms with Gasteiger partial charge < -0.3 is 24.6 Å². The van der Waals surface area contributed by atoms with Crippen LogP contribution in [0.25, 0.3) is 21.6 Å². The minimum atomic E-state index is -3.29.